The maximum Gasteiger partial charge on any atom is 0.0648 e. The number of halogens is 2. The summed E-state index contributed by atoms with van der Waals surface area (Å²) in [5.41, 5.74) is 0.962. The lowest BCUT2D eigenvalue weighted by Gasteiger charge is -2.15. The number of nitrogens with one attached hydrogen (secondary N) is 1. The SMILES string of the molecule is COCCC(C)Nc1ccc(Br)cc1Cl. The summed E-state index contributed by atoms with van der Waals surface area (Å²) < 4.78 is 6.01. The number of methoxy groups -OCH3 is 1. The molecule has 0 aliphatic rings. The van der Waals surface area contributed by atoms with Gasteiger partial charge in [-0.15, -0.1) is 0 Å². The van der Waals surface area contributed by atoms with Gasteiger partial charge in [0.2, 0.25) is 0 Å². The Hall–Kier alpha value is -0.250. The largest absolute Gasteiger partial charge is 0.385 e. The first-order chi connectivity index (χ1) is 7.13. The fraction of sp³-hybridized carbons (Fsp3) is 0.455. The van der Waals surface area contributed by atoms with Gasteiger partial charge in [0, 0.05) is 24.2 Å². The highest BCUT2D eigenvalue weighted by molar-refractivity contribution is 9.10. The second-order valence-corrected chi connectivity index (χ2v) is 4.77. The van der Waals surface area contributed by atoms with Crippen LogP contribution < -0.4 is 5.32 Å². The molecule has 0 spiro atoms. The number of benzene rings is 1. The summed E-state index contributed by atoms with van der Waals surface area (Å²) in [5, 5.41) is 4.07. The fourth-order valence-corrected chi connectivity index (χ4v) is 1.97. The summed E-state index contributed by atoms with van der Waals surface area (Å²) >= 11 is 9.46. The zero-order chi connectivity index (χ0) is 11.3. The van der Waals surface area contributed by atoms with Gasteiger partial charge in [0.05, 0.1) is 10.7 Å². The van der Waals surface area contributed by atoms with Crippen LogP contribution in [0.2, 0.25) is 5.02 Å². The van der Waals surface area contributed by atoms with E-state index in [-0.39, 0.29) is 0 Å². The van der Waals surface area contributed by atoms with Gasteiger partial charge in [0.1, 0.15) is 0 Å². The van der Waals surface area contributed by atoms with Crippen molar-refractivity contribution in [2.75, 3.05) is 19.0 Å². The molecule has 1 N–H and O–H groups in total. The second kappa shape index (κ2) is 6.36. The van der Waals surface area contributed by atoms with Gasteiger partial charge in [0.15, 0.2) is 0 Å². The monoisotopic (exact) mass is 291 g/mol. The molecule has 84 valence electrons. The van der Waals surface area contributed by atoms with Crippen LogP contribution in [-0.4, -0.2) is 19.8 Å². The predicted octanol–water partition coefficient (Wildman–Crippen LogP) is 3.94. The van der Waals surface area contributed by atoms with Crippen LogP contribution in [-0.2, 0) is 4.74 Å². The van der Waals surface area contributed by atoms with Crippen LogP contribution in [0.5, 0.6) is 0 Å². The van der Waals surface area contributed by atoms with Crippen molar-refractivity contribution in [2.45, 2.75) is 19.4 Å². The van der Waals surface area contributed by atoms with Crippen molar-refractivity contribution >= 4 is 33.2 Å². The zero-order valence-electron chi connectivity index (χ0n) is 8.89. The molecule has 1 atom stereocenters. The summed E-state index contributed by atoms with van der Waals surface area (Å²) in [4.78, 5) is 0. The summed E-state index contributed by atoms with van der Waals surface area (Å²) in [6.45, 7) is 2.86. The number of hydrogen-bond donors (Lipinski definition) is 1. The Morgan fingerprint density at radius 3 is 2.87 bits per heavy atom. The Labute approximate surface area is 104 Å². The molecule has 0 heterocycles. The lowest BCUT2D eigenvalue weighted by atomic mass is 10.2. The van der Waals surface area contributed by atoms with Crippen molar-refractivity contribution in [3.63, 3.8) is 0 Å². The quantitative estimate of drug-likeness (QED) is 0.887. The van der Waals surface area contributed by atoms with Crippen LogP contribution in [0, 0.1) is 0 Å². The first-order valence-corrected chi connectivity index (χ1v) is 6.01. The Kier molecular flexibility index (Phi) is 5.43. The van der Waals surface area contributed by atoms with Crippen molar-refractivity contribution in [1.82, 2.24) is 0 Å². The molecule has 0 saturated carbocycles. The third-order valence-electron chi connectivity index (χ3n) is 2.09. The third-order valence-corrected chi connectivity index (χ3v) is 2.89. The molecule has 1 unspecified atom stereocenters. The summed E-state index contributed by atoms with van der Waals surface area (Å²) in [5.74, 6) is 0. The van der Waals surface area contributed by atoms with E-state index in [1.54, 1.807) is 7.11 Å². The van der Waals surface area contributed by atoms with Crippen molar-refractivity contribution < 1.29 is 4.74 Å². The van der Waals surface area contributed by atoms with Crippen LogP contribution in [0.25, 0.3) is 0 Å². The van der Waals surface area contributed by atoms with E-state index in [1.165, 1.54) is 0 Å². The van der Waals surface area contributed by atoms with E-state index < -0.39 is 0 Å². The molecular formula is C11H15BrClNO. The molecule has 15 heavy (non-hydrogen) atoms. The van der Waals surface area contributed by atoms with Crippen molar-refractivity contribution in [2.24, 2.45) is 0 Å². The van der Waals surface area contributed by atoms with Gasteiger partial charge in [-0.3, -0.25) is 0 Å². The molecule has 0 radical (unpaired) electrons. The van der Waals surface area contributed by atoms with E-state index in [0.717, 1.165) is 28.2 Å². The smallest absolute Gasteiger partial charge is 0.0648 e. The van der Waals surface area contributed by atoms with E-state index in [9.17, 15) is 0 Å². The number of hydrogen-bond acceptors (Lipinski definition) is 2. The van der Waals surface area contributed by atoms with Gasteiger partial charge in [0.25, 0.3) is 0 Å². The molecule has 2 nitrogen and oxygen atoms in total. The maximum atomic E-state index is 6.08. The highest BCUT2D eigenvalue weighted by Crippen LogP contribution is 2.26. The molecule has 0 bridgehead atoms. The standard InChI is InChI=1S/C11H15BrClNO/c1-8(5-6-15-2)14-11-4-3-9(12)7-10(11)13/h3-4,7-8,14H,5-6H2,1-2H3. The molecule has 0 fully saturated rings. The van der Waals surface area contributed by atoms with Crippen LogP contribution in [0.3, 0.4) is 0 Å². The summed E-state index contributed by atoms with van der Waals surface area (Å²) in [6, 6.07) is 6.17. The molecular weight excluding hydrogens is 277 g/mol. The van der Waals surface area contributed by atoms with Crippen molar-refractivity contribution in [3.8, 4) is 0 Å². The predicted molar refractivity (Wildman–Crippen MR) is 68.7 cm³/mol. The summed E-state index contributed by atoms with van der Waals surface area (Å²) in [7, 11) is 1.71. The molecule has 0 aliphatic carbocycles. The van der Waals surface area contributed by atoms with E-state index in [4.69, 9.17) is 16.3 Å². The Balaban J connectivity index is 2.56. The first-order valence-electron chi connectivity index (χ1n) is 4.84. The third kappa shape index (κ3) is 4.41. The summed E-state index contributed by atoms with van der Waals surface area (Å²) in [6.07, 6.45) is 0.961. The van der Waals surface area contributed by atoms with Gasteiger partial charge in [-0.05, 0) is 31.5 Å². The van der Waals surface area contributed by atoms with E-state index >= 15 is 0 Å². The van der Waals surface area contributed by atoms with E-state index in [2.05, 4.69) is 28.2 Å². The fourth-order valence-electron chi connectivity index (χ4n) is 1.24. The van der Waals surface area contributed by atoms with Gasteiger partial charge < -0.3 is 10.1 Å². The molecule has 0 aliphatic heterocycles. The second-order valence-electron chi connectivity index (χ2n) is 3.45. The first kappa shape index (κ1) is 12.8. The van der Waals surface area contributed by atoms with Gasteiger partial charge >= 0.3 is 0 Å². The van der Waals surface area contributed by atoms with Crippen LogP contribution in [0.15, 0.2) is 22.7 Å². The lowest BCUT2D eigenvalue weighted by Crippen LogP contribution is -2.17. The molecule has 1 aromatic rings. The molecule has 4 heteroatoms. The number of ether oxygens (including phenoxy) is 1. The Bertz CT molecular complexity index is 319. The van der Waals surface area contributed by atoms with Crippen LogP contribution in [0.1, 0.15) is 13.3 Å². The topological polar surface area (TPSA) is 21.3 Å². The lowest BCUT2D eigenvalue weighted by molar-refractivity contribution is 0.191. The van der Waals surface area contributed by atoms with Crippen LogP contribution in [0.4, 0.5) is 5.69 Å². The highest BCUT2D eigenvalue weighted by atomic mass is 79.9. The highest BCUT2D eigenvalue weighted by Gasteiger charge is 2.05. The Morgan fingerprint density at radius 2 is 2.27 bits per heavy atom. The van der Waals surface area contributed by atoms with Crippen LogP contribution >= 0.6 is 27.5 Å². The zero-order valence-corrected chi connectivity index (χ0v) is 11.2. The minimum absolute atomic E-state index is 0.351. The molecule has 0 aromatic heterocycles. The van der Waals surface area contributed by atoms with E-state index in [1.807, 2.05) is 18.2 Å². The Morgan fingerprint density at radius 1 is 1.53 bits per heavy atom. The van der Waals surface area contributed by atoms with Gasteiger partial charge in [-0.25, -0.2) is 0 Å². The molecule has 0 saturated heterocycles. The minimum Gasteiger partial charge on any atom is -0.385 e. The van der Waals surface area contributed by atoms with Gasteiger partial charge in [-0.1, -0.05) is 27.5 Å². The van der Waals surface area contributed by atoms with Crippen molar-refractivity contribution in [1.29, 1.82) is 0 Å². The normalized spacial score (nSPS) is 12.5. The average molecular weight is 293 g/mol. The number of anilines is 1. The minimum atomic E-state index is 0.351. The maximum absolute atomic E-state index is 6.08. The number of rotatable bonds is 5. The molecule has 1 rings (SSSR count). The molecule has 0 amide bonds. The van der Waals surface area contributed by atoms with E-state index in [0.29, 0.717) is 6.04 Å². The van der Waals surface area contributed by atoms with Crippen molar-refractivity contribution in [3.05, 3.63) is 27.7 Å². The molecule has 1 aromatic carbocycles. The van der Waals surface area contributed by atoms with Gasteiger partial charge in [-0.2, -0.15) is 0 Å². The average Bonchev–Trinajstić information content (AvgIpc) is 2.19.